The van der Waals surface area contributed by atoms with Crippen LogP contribution in [0.2, 0.25) is 0 Å². The van der Waals surface area contributed by atoms with E-state index in [4.69, 9.17) is 14.2 Å². The van der Waals surface area contributed by atoms with Gasteiger partial charge in [0.05, 0.1) is 0 Å². The molecule has 0 heterocycles. The van der Waals surface area contributed by atoms with Gasteiger partial charge in [0.15, 0.2) is 6.10 Å². The van der Waals surface area contributed by atoms with Crippen molar-refractivity contribution in [2.24, 2.45) is 0 Å². The van der Waals surface area contributed by atoms with Crippen LogP contribution in [0.5, 0.6) is 0 Å². The summed E-state index contributed by atoms with van der Waals surface area (Å²) in [5.74, 6) is -0.859. The minimum atomic E-state index is -0.774. The second-order valence-corrected chi connectivity index (χ2v) is 21.3. The number of carbonyl (C=O) groups excluding carboxylic acids is 3. The Morgan fingerprint density at radius 1 is 0.271 bits per heavy atom. The van der Waals surface area contributed by atoms with E-state index < -0.39 is 6.10 Å². The van der Waals surface area contributed by atoms with E-state index in [-0.39, 0.29) is 31.1 Å². The van der Waals surface area contributed by atoms with Gasteiger partial charge in [-0.05, 0) is 70.6 Å². The molecule has 0 saturated heterocycles. The van der Waals surface area contributed by atoms with Crippen LogP contribution in [0.15, 0.2) is 24.3 Å². The van der Waals surface area contributed by atoms with Gasteiger partial charge in [-0.1, -0.05) is 283 Å². The fourth-order valence-electron chi connectivity index (χ4n) is 9.44. The predicted octanol–water partition coefficient (Wildman–Crippen LogP) is 21.1. The number of esters is 3. The molecule has 0 rings (SSSR count). The lowest BCUT2D eigenvalue weighted by molar-refractivity contribution is -0.167. The number of carbonyl (C=O) groups is 3. The van der Waals surface area contributed by atoms with Gasteiger partial charge in [0.1, 0.15) is 13.2 Å². The zero-order chi connectivity index (χ0) is 50.7. The van der Waals surface area contributed by atoms with Crippen molar-refractivity contribution in [1.29, 1.82) is 0 Å². The minimum Gasteiger partial charge on any atom is -0.462 e. The normalized spacial score (nSPS) is 12.1. The third kappa shape index (κ3) is 56.8. The fraction of sp³-hybridized carbons (Fsp3) is 0.891. The Balaban J connectivity index is 4.34. The van der Waals surface area contributed by atoms with Gasteiger partial charge in [-0.15, -0.1) is 0 Å². The minimum absolute atomic E-state index is 0.0711. The molecule has 0 aliphatic rings. The molecule has 70 heavy (non-hydrogen) atoms. The number of rotatable bonds is 58. The van der Waals surface area contributed by atoms with Gasteiger partial charge in [-0.3, -0.25) is 14.4 Å². The van der Waals surface area contributed by atoms with Crippen molar-refractivity contribution in [2.45, 2.75) is 354 Å². The van der Waals surface area contributed by atoms with E-state index in [0.29, 0.717) is 19.3 Å². The molecule has 0 bridgehead atoms. The third-order valence-electron chi connectivity index (χ3n) is 14.2. The third-order valence-corrected chi connectivity index (χ3v) is 14.2. The van der Waals surface area contributed by atoms with Gasteiger partial charge in [-0.25, -0.2) is 0 Å². The van der Waals surface area contributed by atoms with E-state index in [1.54, 1.807) is 0 Å². The van der Waals surface area contributed by atoms with Crippen molar-refractivity contribution in [3.05, 3.63) is 24.3 Å². The second kappa shape index (κ2) is 59.5. The molecule has 0 aromatic rings. The van der Waals surface area contributed by atoms with Gasteiger partial charge in [0, 0.05) is 19.3 Å². The molecule has 0 spiro atoms. The van der Waals surface area contributed by atoms with E-state index >= 15 is 0 Å². The molecule has 0 aliphatic carbocycles. The maximum atomic E-state index is 12.9. The van der Waals surface area contributed by atoms with E-state index in [1.165, 1.54) is 244 Å². The fourth-order valence-corrected chi connectivity index (χ4v) is 9.44. The molecule has 1 unspecified atom stereocenters. The largest absolute Gasteiger partial charge is 0.462 e. The van der Waals surface area contributed by atoms with Crippen LogP contribution in [0.3, 0.4) is 0 Å². The number of hydrogen-bond acceptors (Lipinski definition) is 6. The Morgan fingerprint density at radius 3 is 0.714 bits per heavy atom. The van der Waals surface area contributed by atoms with Crippen LogP contribution in [0.4, 0.5) is 0 Å². The van der Waals surface area contributed by atoms with Crippen LogP contribution >= 0.6 is 0 Å². The Morgan fingerprint density at radius 2 is 0.471 bits per heavy atom. The number of hydrogen-bond donors (Lipinski definition) is 0. The smallest absolute Gasteiger partial charge is 0.306 e. The van der Waals surface area contributed by atoms with E-state index in [0.717, 1.165) is 64.2 Å². The standard InChI is InChI=1S/C64H120O6/c1-4-7-10-13-16-19-22-25-28-30-32-34-36-39-42-45-48-51-54-57-63(66)69-60-61(59-68-62(65)56-53-50-47-44-41-38-35-27-24-21-18-15-12-9-6-3)70-64(67)58-55-52-49-46-43-40-37-33-31-29-26-23-20-17-14-11-8-5-2/h30,32-33,37,61H,4-29,31,34-36,38-60H2,1-3H3/b32-30-,37-33-. The first-order valence-corrected chi connectivity index (χ1v) is 31.3. The first kappa shape index (κ1) is 67.9. The first-order valence-electron chi connectivity index (χ1n) is 31.3. The van der Waals surface area contributed by atoms with Gasteiger partial charge >= 0.3 is 17.9 Å². The van der Waals surface area contributed by atoms with Crippen LogP contribution in [-0.2, 0) is 28.6 Å². The number of ether oxygens (including phenoxy) is 3. The van der Waals surface area contributed by atoms with Crippen molar-refractivity contribution >= 4 is 17.9 Å². The molecule has 0 aromatic heterocycles. The molecular formula is C64H120O6. The molecule has 0 fully saturated rings. The van der Waals surface area contributed by atoms with Gasteiger partial charge in [-0.2, -0.15) is 0 Å². The lowest BCUT2D eigenvalue weighted by atomic mass is 10.0. The molecule has 1 atom stereocenters. The monoisotopic (exact) mass is 985 g/mol. The summed E-state index contributed by atoms with van der Waals surface area (Å²) < 4.78 is 16.9. The summed E-state index contributed by atoms with van der Waals surface area (Å²) >= 11 is 0. The lowest BCUT2D eigenvalue weighted by Crippen LogP contribution is -2.30. The van der Waals surface area contributed by atoms with Crippen LogP contribution < -0.4 is 0 Å². The molecular weight excluding hydrogens is 865 g/mol. The molecule has 0 saturated carbocycles. The maximum Gasteiger partial charge on any atom is 0.306 e. The quantitative estimate of drug-likeness (QED) is 0.0261. The van der Waals surface area contributed by atoms with Crippen molar-refractivity contribution in [3.63, 3.8) is 0 Å². The summed E-state index contributed by atoms with van der Waals surface area (Å²) in [6, 6.07) is 0. The Hall–Kier alpha value is -2.11. The number of allylic oxidation sites excluding steroid dienone is 4. The van der Waals surface area contributed by atoms with Gasteiger partial charge in [0.2, 0.25) is 0 Å². The van der Waals surface area contributed by atoms with Gasteiger partial charge < -0.3 is 14.2 Å². The van der Waals surface area contributed by atoms with Crippen molar-refractivity contribution < 1.29 is 28.6 Å². The molecule has 0 N–H and O–H groups in total. The van der Waals surface area contributed by atoms with Crippen LogP contribution in [0.1, 0.15) is 348 Å². The molecule has 412 valence electrons. The van der Waals surface area contributed by atoms with Crippen molar-refractivity contribution in [3.8, 4) is 0 Å². The topological polar surface area (TPSA) is 78.9 Å². The summed E-state index contributed by atoms with van der Waals surface area (Å²) in [4.78, 5) is 38.3. The molecule has 0 aliphatic heterocycles. The molecule has 6 nitrogen and oxygen atoms in total. The van der Waals surface area contributed by atoms with E-state index in [1.807, 2.05) is 0 Å². The highest BCUT2D eigenvalue weighted by Crippen LogP contribution is 2.17. The highest BCUT2D eigenvalue weighted by molar-refractivity contribution is 5.71. The van der Waals surface area contributed by atoms with Gasteiger partial charge in [0.25, 0.3) is 0 Å². The van der Waals surface area contributed by atoms with Crippen LogP contribution in [0.25, 0.3) is 0 Å². The Labute approximate surface area is 436 Å². The second-order valence-electron chi connectivity index (χ2n) is 21.3. The average Bonchev–Trinajstić information content (AvgIpc) is 3.36. The molecule has 0 radical (unpaired) electrons. The summed E-state index contributed by atoms with van der Waals surface area (Å²) in [5.41, 5.74) is 0. The molecule has 0 amide bonds. The van der Waals surface area contributed by atoms with Crippen LogP contribution in [-0.4, -0.2) is 37.2 Å². The Kier molecular flexibility index (Phi) is 57.7. The first-order chi connectivity index (χ1) is 34.5. The highest BCUT2D eigenvalue weighted by atomic mass is 16.6. The van der Waals surface area contributed by atoms with Crippen molar-refractivity contribution in [1.82, 2.24) is 0 Å². The molecule has 0 aromatic carbocycles. The highest BCUT2D eigenvalue weighted by Gasteiger charge is 2.19. The Bertz CT molecular complexity index is 1130. The zero-order valence-corrected chi connectivity index (χ0v) is 47.3. The zero-order valence-electron chi connectivity index (χ0n) is 47.3. The average molecular weight is 986 g/mol. The summed E-state index contributed by atoms with van der Waals surface area (Å²) in [7, 11) is 0. The summed E-state index contributed by atoms with van der Waals surface area (Å²) in [5, 5.41) is 0. The summed E-state index contributed by atoms with van der Waals surface area (Å²) in [6.07, 6.45) is 70.3. The van der Waals surface area contributed by atoms with E-state index in [2.05, 4.69) is 45.1 Å². The molecule has 6 heteroatoms. The maximum absolute atomic E-state index is 12.9. The summed E-state index contributed by atoms with van der Waals surface area (Å²) in [6.45, 7) is 6.69. The van der Waals surface area contributed by atoms with Crippen molar-refractivity contribution in [2.75, 3.05) is 13.2 Å². The predicted molar refractivity (Wildman–Crippen MR) is 303 cm³/mol. The lowest BCUT2D eigenvalue weighted by Gasteiger charge is -2.18. The van der Waals surface area contributed by atoms with E-state index in [9.17, 15) is 14.4 Å². The van der Waals surface area contributed by atoms with Crippen LogP contribution in [0, 0.1) is 0 Å². The SMILES string of the molecule is CCCCCCCCCC/C=C\CCCCCCCCCC(=O)OCC(COC(=O)CCCCCCCCCCCCCCCCC)OC(=O)CCCCCCC/C=C\CCCCCCCCCCC. The number of unbranched alkanes of at least 4 members (excludes halogenated alkanes) is 43.